The molecule has 3 heterocycles. The highest BCUT2D eigenvalue weighted by Crippen LogP contribution is 2.22. The van der Waals surface area contributed by atoms with Crippen LogP contribution in [0.2, 0.25) is 0 Å². The second-order valence-corrected chi connectivity index (χ2v) is 10.1. The van der Waals surface area contributed by atoms with E-state index in [1.54, 1.807) is 0 Å². The van der Waals surface area contributed by atoms with Crippen molar-refractivity contribution in [3.05, 3.63) is 0 Å². The van der Waals surface area contributed by atoms with Crippen molar-refractivity contribution in [1.29, 1.82) is 0 Å². The molecule has 3 fully saturated rings. The lowest BCUT2D eigenvalue weighted by Gasteiger charge is -2.39. The van der Waals surface area contributed by atoms with Gasteiger partial charge in [-0.1, -0.05) is 20.8 Å². The third-order valence-corrected chi connectivity index (χ3v) is 6.35. The summed E-state index contributed by atoms with van der Waals surface area (Å²) in [6, 6.07) is 0. The first kappa shape index (κ1) is 22.5. The van der Waals surface area contributed by atoms with Gasteiger partial charge in [-0.2, -0.15) is 0 Å². The highest BCUT2D eigenvalue weighted by molar-refractivity contribution is 5.78. The molecule has 0 unspecified atom stereocenters. The molecule has 166 valence electrons. The summed E-state index contributed by atoms with van der Waals surface area (Å²) in [6.07, 6.45) is 2.97. The third kappa shape index (κ3) is 7.23. The average molecular weight is 409 g/mol. The van der Waals surface area contributed by atoms with Crippen LogP contribution in [0.25, 0.3) is 0 Å². The molecular formula is C22H40N4O3. The number of piperidine rings is 1. The minimum absolute atomic E-state index is 0.0609. The number of nitrogens with zero attached hydrogens (tertiary/aromatic N) is 4. The number of amides is 2. The summed E-state index contributed by atoms with van der Waals surface area (Å²) in [4.78, 5) is 33.7. The van der Waals surface area contributed by atoms with E-state index in [2.05, 4.69) is 30.6 Å². The number of ether oxygens (including phenoxy) is 1. The second-order valence-electron chi connectivity index (χ2n) is 10.1. The number of likely N-dealkylation sites (tertiary alicyclic amines) is 1. The van der Waals surface area contributed by atoms with E-state index in [-0.39, 0.29) is 11.3 Å². The molecule has 3 aliphatic heterocycles. The molecule has 0 saturated carbocycles. The van der Waals surface area contributed by atoms with Gasteiger partial charge in [0.05, 0.1) is 19.8 Å². The maximum absolute atomic E-state index is 12.4. The van der Waals surface area contributed by atoms with Gasteiger partial charge in [-0.3, -0.25) is 19.4 Å². The lowest BCUT2D eigenvalue weighted by molar-refractivity contribution is -0.137. The number of hydrogen-bond donors (Lipinski definition) is 0. The quantitative estimate of drug-likeness (QED) is 0.683. The Balaban J connectivity index is 1.32. The Hall–Kier alpha value is -1.18. The van der Waals surface area contributed by atoms with Crippen molar-refractivity contribution >= 4 is 11.8 Å². The number of piperazine rings is 1. The minimum Gasteiger partial charge on any atom is -0.378 e. The molecule has 0 N–H and O–H groups in total. The normalized spacial score (nSPS) is 23.4. The molecule has 29 heavy (non-hydrogen) atoms. The second kappa shape index (κ2) is 10.2. The minimum atomic E-state index is 0.0609. The topological polar surface area (TPSA) is 56.3 Å². The molecule has 0 atom stereocenters. The predicted molar refractivity (Wildman–Crippen MR) is 114 cm³/mol. The van der Waals surface area contributed by atoms with Gasteiger partial charge < -0.3 is 14.5 Å². The molecule has 0 radical (unpaired) electrons. The van der Waals surface area contributed by atoms with Gasteiger partial charge in [-0.25, -0.2) is 0 Å². The smallest absolute Gasteiger partial charge is 0.236 e. The lowest BCUT2D eigenvalue weighted by atomic mass is 9.91. The fraction of sp³-hybridized carbons (Fsp3) is 0.909. The van der Waals surface area contributed by atoms with Crippen LogP contribution in [0, 0.1) is 11.3 Å². The predicted octanol–water partition coefficient (Wildman–Crippen LogP) is 1.14. The van der Waals surface area contributed by atoms with Gasteiger partial charge in [0.25, 0.3) is 0 Å². The van der Waals surface area contributed by atoms with E-state index in [0.29, 0.717) is 38.0 Å². The first-order valence-corrected chi connectivity index (χ1v) is 11.4. The number of rotatable bonds is 5. The lowest BCUT2D eigenvalue weighted by Crippen LogP contribution is -2.51. The maximum atomic E-state index is 12.4. The highest BCUT2D eigenvalue weighted by Gasteiger charge is 2.28. The number of morpholine rings is 1. The van der Waals surface area contributed by atoms with Crippen LogP contribution >= 0.6 is 0 Å². The van der Waals surface area contributed by atoms with Crippen LogP contribution in [0.1, 0.15) is 40.0 Å². The molecule has 0 aromatic heterocycles. The number of hydrogen-bond acceptors (Lipinski definition) is 5. The number of carbonyl (C=O) groups excluding carboxylic acids is 2. The Morgan fingerprint density at radius 3 is 1.97 bits per heavy atom. The molecule has 7 heteroatoms. The van der Waals surface area contributed by atoms with Crippen LogP contribution in [0.3, 0.4) is 0 Å². The van der Waals surface area contributed by atoms with Gasteiger partial charge in [-0.15, -0.1) is 0 Å². The molecule has 3 saturated heterocycles. The van der Waals surface area contributed by atoms with Crippen LogP contribution in [-0.2, 0) is 14.3 Å². The van der Waals surface area contributed by atoms with Crippen LogP contribution < -0.4 is 0 Å². The van der Waals surface area contributed by atoms with Gasteiger partial charge in [0.2, 0.25) is 11.8 Å². The Labute approximate surface area is 176 Å². The fourth-order valence-electron chi connectivity index (χ4n) is 4.54. The SMILES string of the molecule is CC(C)(C)CC(=O)N1CCN(CC2CCN(CC(=O)N3CCOCC3)CC2)CC1. The van der Waals surface area contributed by atoms with E-state index in [1.807, 2.05) is 9.80 Å². The summed E-state index contributed by atoms with van der Waals surface area (Å²) in [5, 5.41) is 0. The standard InChI is InChI=1S/C22H40N4O3/c1-22(2,3)16-20(27)25-10-8-24(9-11-25)17-19-4-6-23(7-5-19)18-21(28)26-12-14-29-15-13-26/h19H,4-18H2,1-3H3. The molecule has 3 aliphatic rings. The van der Waals surface area contributed by atoms with E-state index in [1.165, 1.54) is 12.8 Å². The van der Waals surface area contributed by atoms with Crippen molar-refractivity contribution in [1.82, 2.24) is 19.6 Å². The van der Waals surface area contributed by atoms with Crippen LogP contribution in [0.4, 0.5) is 0 Å². The van der Waals surface area contributed by atoms with Crippen LogP contribution in [0.5, 0.6) is 0 Å². The van der Waals surface area contributed by atoms with E-state index >= 15 is 0 Å². The molecule has 0 spiro atoms. The molecule has 0 aromatic rings. The molecule has 0 aliphatic carbocycles. The van der Waals surface area contributed by atoms with E-state index in [9.17, 15) is 9.59 Å². The summed E-state index contributed by atoms with van der Waals surface area (Å²) in [5.74, 6) is 1.26. The van der Waals surface area contributed by atoms with E-state index < -0.39 is 0 Å². The van der Waals surface area contributed by atoms with Gasteiger partial charge >= 0.3 is 0 Å². The van der Waals surface area contributed by atoms with Crippen molar-refractivity contribution in [3.8, 4) is 0 Å². The van der Waals surface area contributed by atoms with Gasteiger partial charge in [0, 0.05) is 52.2 Å². The molecule has 0 bridgehead atoms. The van der Waals surface area contributed by atoms with Crippen LogP contribution in [0.15, 0.2) is 0 Å². The summed E-state index contributed by atoms with van der Waals surface area (Å²) < 4.78 is 5.33. The Morgan fingerprint density at radius 1 is 0.793 bits per heavy atom. The van der Waals surface area contributed by atoms with Crippen LogP contribution in [-0.4, -0.2) is 110 Å². The van der Waals surface area contributed by atoms with Crippen molar-refractivity contribution in [2.24, 2.45) is 11.3 Å². The molecule has 2 amide bonds. The van der Waals surface area contributed by atoms with Crippen molar-refractivity contribution < 1.29 is 14.3 Å². The largest absolute Gasteiger partial charge is 0.378 e. The Bertz CT molecular complexity index is 541. The van der Waals surface area contributed by atoms with Crippen molar-refractivity contribution in [3.63, 3.8) is 0 Å². The molecule has 0 aromatic carbocycles. The summed E-state index contributed by atoms with van der Waals surface area (Å²) in [6.45, 7) is 16.6. The van der Waals surface area contributed by atoms with Crippen molar-refractivity contribution in [2.45, 2.75) is 40.0 Å². The zero-order valence-corrected chi connectivity index (χ0v) is 18.7. The number of carbonyl (C=O) groups is 2. The highest BCUT2D eigenvalue weighted by atomic mass is 16.5. The maximum Gasteiger partial charge on any atom is 0.236 e. The fourth-order valence-corrected chi connectivity index (χ4v) is 4.54. The van der Waals surface area contributed by atoms with E-state index in [0.717, 1.165) is 58.9 Å². The summed E-state index contributed by atoms with van der Waals surface area (Å²) >= 11 is 0. The summed E-state index contributed by atoms with van der Waals surface area (Å²) in [5.41, 5.74) is 0.0609. The molecular weight excluding hydrogens is 368 g/mol. The van der Waals surface area contributed by atoms with E-state index in [4.69, 9.17) is 4.74 Å². The molecule has 7 nitrogen and oxygen atoms in total. The zero-order chi connectivity index (χ0) is 20.9. The average Bonchev–Trinajstić information content (AvgIpc) is 2.69. The first-order valence-electron chi connectivity index (χ1n) is 11.4. The Morgan fingerprint density at radius 2 is 1.38 bits per heavy atom. The third-order valence-electron chi connectivity index (χ3n) is 6.35. The van der Waals surface area contributed by atoms with Crippen molar-refractivity contribution in [2.75, 3.05) is 78.7 Å². The Kier molecular flexibility index (Phi) is 7.93. The zero-order valence-electron chi connectivity index (χ0n) is 18.7. The molecule has 3 rings (SSSR count). The van der Waals surface area contributed by atoms with Gasteiger partial charge in [0.1, 0.15) is 0 Å². The first-order chi connectivity index (χ1) is 13.8. The summed E-state index contributed by atoms with van der Waals surface area (Å²) in [7, 11) is 0. The monoisotopic (exact) mass is 408 g/mol. The van der Waals surface area contributed by atoms with Gasteiger partial charge in [0.15, 0.2) is 0 Å². The van der Waals surface area contributed by atoms with Gasteiger partial charge in [-0.05, 0) is 37.3 Å².